The van der Waals surface area contributed by atoms with Gasteiger partial charge in [0.2, 0.25) is 0 Å². The Hall–Kier alpha value is -0.240. The van der Waals surface area contributed by atoms with Crippen molar-refractivity contribution in [2.75, 3.05) is 13.2 Å². The highest BCUT2D eigenvalue weighted by atomic mass is 16.6. The fraction of sp³-hybridized carbons (Fsp3) is 1.00. The van der Waals surface area contributed by atoms with Gasteiger partial charge in [0.05, 0.1) is 6.61 Å². The molecular formula is C9H18O6. The molecule has 15 heavy (non-hydrogen) atoms. The van der Waals surface area contributed by atoms with E-state index in [1.807, 2.05) is 6.92 Å². The first-order valence-corrected chi connectivity index (χ1v) is 5.03. The molecule has 0 aromatic carbocycles. The van der Waals surface area contributed by atoms with Crippen LogP contribution >= 0.6 is 0 Å². The van der Waals surface area contributed by atoms with Crippen LogP contribution in [0.2, 0.25) is 0 Å². The summed E-state index contributed by atoms with van der Waals surface area (Å²) in [7, 11) is 0. The molecule has 6 nitrogen and oxygen atoms in total. The lowest BCUT2D eigenvalue weighted by molar-refractivity contribution is -0.288. The van der Waals surface area contributed by atoms with Gasteiger partial charge in [-0.25, -0.2) is 0 Å². The van der Waals surface area contributed by atoms with E-state index in [2.05, 4.69) is 0 Å². The Morgan fingerprint density at radius 3 is 2.33 bits per heavy atom. The third-order valence-corrected chi connectivity index (χ3v) is 2.32. The van der Waals surface area contributed by atoms with E-state index in [0.29, 0.717) is 6.61 Å². The van der Waals surface area contributed by atoms with Crippen LogP contribution in [-0.2, 0) is 9.47 Å². The SMILES string of the molecule is CCCOCC1OC(O)C(O)C(O)C1O. The standard InChI is InChI=1S/C9H18O6/c1-2-3-14-4-5-6(10)7(11)8(12)9(13)15-5/h5-13H,2-4H2,1H3. The lowest BCUT2D eigenvalue weighted by Gasteiger charge is -2.38. The molecule has 0 aromatic rings. The molecule has 1 heterocycles. The second-order valence-corrected chi connectivity index (χ2v) is 3.61. The van der Waals surface area contributed by atoms with Gasteiger partial charge in [-0.15, -0.1) is 0 Å². The molecule has 0 saturated carbocycles. The van der Waals surface area contributed by atoms with Crippen LogP contribution in [0.25, 0.3) is 0 Å². The van der Waals surface area contributed by atoms with Crippen molar-refractivity contribution >= 4 is 0 Å². The van der Waals surface area contributed by atoms with Crippen LogP contribution in [-0.4, -0.2) is 64.3 Å². The van der Waals surface area contributed by atoms with Crippen LogP contribution < -0.4 is 0 Å². The number of aliphatic hydroxyl groups is 4. The molecule has 0 spiro atoms. The minimum absolute atomic E-state index is 0.0792. The number of hydrogen-bond donors (Lipinski definition) is 4. The molecule has 1 rings (SSSR count). The van der Waals surface area contributed by atoms with Crippen LogP contribution in [0.15, 0.2) is 0 Å². The molecule has 0 bridgehead atoms. The quantitative estimate of drug-likeness (QED) is 0.419. The molecule has 1 aliphatic rings. The average Bonchev–Trinajstić information content (AvgIpc) is 2.23. The van der Waals surface area contributed by atoms with Gasteiger partial charge < -0.3 is 29.9 Å². The van der Waals surface area contributed by atoms with E-state index in [9.17, 15) is 20.4 Å². The van der Waals surface area contributed by atoms with Crippen molar-refractivity contribution < 1.29 is 29.9 Å². The molecule has 0 aliphatic carbocycles. The van der Waals surface area contributed by atoms with E-state index in [1.165, 1.54) is 0 Å². The minimum Gasteiger partial charge on any atom is -0.387 e. The largest absolute Gasteiger partial charge is 0.387 e. The summed E-state index contributed by atoms with van der Waals surface area (Å²) in [5.41, 5.74) is 0. The zero-order valence-electron chi connectivity index (χ0n) is 8.61. The molecule has 0 aromatic heterocycles. The Balaban J connectivity index is 2.43. The highest BCUT2D eigenvalue weighted by Gasteiger charge is 2.42. The van der Waals surface area contributed by atoms with E-state index in [1.54, 1.807) is 0 Å². The summed E-state index contributed by atoms with van der Waals surface area (Å²) in [6.07, 6.45) is -5.62. The minimum atomic E-state index is -1.49. The molecule has 4 N–H and O–H groups in total. The van der Waals surface area contributed by atoms with Gasteiger partial charge in [-0.3, -0.25) is 0 Å². The maximum absolute atomic E-state index is 9.50. The van der Waals surface area contributed by atoms with Crippen molar-refractivity contribution in [3.05, 3.63) is 0 Å². The predicted octanol–water partition coefficient (Wildman–Crippen LogP) is -1.79. The maximum Gasteiger partial charge on any atom is 0.184 e. The first-order valence-electron chi connectivity index (χ1n) is 5.03. The second kappa shape index (κ2) is 5.74. The zero-order chi connectivity index (χ0) is 11.4. The zero-order valence-corrected chi connectivity index (χ0v) is 8.61. The highest BCUT2D eigenvalue weighted by Crippen LogP contribution is 2.19. The van der Waals surface area contributed by atoms with Crippen LogP contribution in [0.5, 0.6) is 0 Å². The van der Waals surface area contributed by atoms with Crippen molar-refractivity contribution in [3.63, 3.8) is 0 Å². The number of rotatable bonds is 4. The maximum atomic E-state index is 9.50. The normalized spacial score (nSPS) is 41.8. The Morgan fingerprint density at radius 2 is 1.73 bits per heavy atom. The fourth-order valence-electron chi connectivity index (χ4n) is 1.41. The summed E-state index contributed by atoms with van der Waals surface area (Å²) in [6.45, 7) is 2.53. The van der Waals surface area contributed by atoms with Crippen molar-refractivity contribution in [1.29, 1.82) is 0 Å². The lowest BCUT2D eigenvalue weighted by Crippen LogP contribution is -2.58. The average molecular weight is 222 g/mol. The van der Waals surface area contributed by atoms with Gasteiger partial charge in [0.15, 0.2) is 6.29 Å². The molecule has 0 amide bonds. The summed E-state index contributed by atoms with van der Waals surface area (Å²) >= 11 is 0. The number of ether oxygens (including phenoxy) is 2. The Labute approximate surface area is 88.1 Å². The monoisotopic (exact) mass is 222 g/mol. The van der Waals surface area contributed by atoms with Crippen LogP contribution in [0.4, 0.5) is 0 Å². The molecule has 5 atom stereocenters. The number of hydrogen-bond acceptors (Lipinski definition) is 6. The van der Waals surface area contributed by atoms with Crippen molar-refractivity contribution in [2.24, 2.45) is 0 Å². The van der Waals surface area contributed by atoms with Crippen molar-refractivity contribution in [2.45, 2.75) is 44.1 Å². The fourth-order valence-corrected chi connectivity index (χ4v) is 1.41. The molecule has 1 saturated heterocycles. The molecule has 90 valence electrons. The van der Waals surface area contributed by atoms with Crippen LogP contribution in [0.3, 0.4) is 0 Å². The topological polar surface area (TPSA) is 99.4 Å². The van der Waals surface area contributed by atoms with E-state index < -0.39 is 30.7 Å². The summed E-state index contributed by atoms with van der Waals surface area (Å²) < 4.78 is 10.0. The second-order valence-electron chi connectivity index (χ2n) is 3.61. The van der Waals surface area contributed by atoms with Gasteiger partial charge in [-0.2, -0.15) is 0 Å². The Kier molecular flexibility index (Phi) is 4.91. The van der Waals surface area contributed by atoms with E-state index in [0.717, 1.165) is 6.42 Å². The third-order valence-electron chi connectivity index (χ3n) is 2.32. The van der Waals surface area contributed by atoms with E-state index in [-0.39, 0.29) is 6.61 Å². The van der Waals surface area contributed by atoms with Gasteiger partial charge >= 0.3 is 0 Å². The smallest absolute Gasteiger partial charge is 0.184 e. The van der Waals surface area contributed by atoms with Crippen molar-refractivity contribution in [1.82, 2.24) is 0 Å². The first kappa shape index (κ1) is 12.8. The first-order chi connectivity index (χ1) is 7.07. The molecule has 5 unspecified atom stereocenters. The molecule has 6 heteroatoms. The van der Waals surface area contributed by atoms with Gasteiger partial charge in [-0.05, 0) is 6.42 Å². The van der Waals surface area contributed by atoms with E-state index in [4.69, 9.17) is 9.47 Å². The molecule has 0 radical (unpaired) electrons. The van der Waals surface area contributed by atoms with Gasteiger partial charge in [0, 0.05) is 6.61 Å². The van der Waals surface area contributed by atoms with Gasteiger partial charge in [0.1, 0.15) is 24.4 Å². The molecule has 1 fully saturated rings. The van der Waals surface area contributed by atoms with Crippen molar-refractivity contribution in [3.8, 4) is 0 Å². The summed E-state index contributed by atoms with van der Waals surface area (Å²) in [5.74, 6) is 0. The molecular weight excluding hydrogens is 204 g/mol. The molecule has 1 aliphatic heterocycles. The summed E-state index contributed by atoms with van der Waals surface area (Å²) in [6, 6.07) is 0. The predicted molar refractivity (Wildman–Crippen MR) is 50.0 cm³/mol. The summed E-state index contributed by atoms with van der Waals surface area (Å²) in [4.78, 5) is 0. The lowest BCUT2D eigenvalue weighted by atomic mass is 9.99. The Bertz CT molecular complexity index is 187. The van der Waals surface area contributed by atoms with Gasteiger partial charge in [0.25, 0.3) is 0 Å². The highest BCUT2D eigenvalue weighted by molar-refractivity contribution is 4.88. The van der Waals surface area contributed by atoms with Gasteiger partial charge in [-0.1, -0.05) is 6.92 Å². The Morgan fingerprint density at radius 1 is 1.07 bits per heavy atom. The third kappa shape index (κ3) is 3.10. The number of aliphatic hydroxyl groups excluding tert-OH is 4. The van der Waals surface area contributed by atoms with Crippen LogP contribution in [0.1, 0.15) is 13.3 Å². The van der Waals surface area contributed by atoms with E-state index >= 15 is 0 Å². The van der Waals surface area contributed by atoms with Crippen LogP contribution in [0, 0.1) is 0 Å². The summed E-state index contributed by atoms with van der Waals surface area (Å²) in [5, 5.41) is 37.2.